The van der Waals surface area contributed by atoms with Crippen LogP contribution in [0.5, 0.6) is 0 Å². The molecule has 1 nitrogen and oxygen atoms in total. The van der Waals surface area contributed by atoms with E-state index in [-0.39, 0.29) is 30.7 Å². The largest absolute Gasteiger partial charge is 0.328 e. The highest BCUT2D eigenvalue weighted by Gasteiger charge is 2.41. The van der Waals surface area contributed by atoms with E-state index in [1.807, 2.05) is 13.8 Å². The molecule has 108 valence electrons. The Morgan fingerprint density at radius 2 is 2.00 bits per heavy atom. The van der Waals surface area contributed by atoms with Gasteiger partial charge in [0.05, 0.1) is 18.7 Å². The molecular formula is C15H27FOP2+2. The maximum absolute atomic E-state index is 13.8. The number of halogens is 1. The first-order valence-electron chi connectivity index (χ1n) is 6.86. The first kappa shape index (κ1) is 17.0. The Hall–Kier alpha value is -0.0300. The molecule has 1 aliphatic carbocycles. The van der Waals surface area contributed by atoms with Gasteiger partial charge in [-0.25, -0.2) is 4.39 Å². The third-order valence-electron chi connectivity index (χ3n) is 3.87. The number of hydrogen-bond donors (Lipinski definition) is 0. The van der Waals surface area contributed by atoms with Crippen molar-refractivity contribution in [2.45, 2.75) is 52.5 Å². The first-order chi connectivity index (χ1) is 8.69. The van der Waals surface area contributed by atoms with Crippen molar-refractivity contribution in [3.8, 4) is 0 Å². The molecule has 1 aliphatic rings. The van der Waals surface area contributed by atoms with Crippen molar-refractivity contribution in [2.24, 2.45) is 5.92 Å². The van der Waals surface area contributed by atoms with Crippen molar-refractivity contribution in [3.63, 3.8) is 0 Å². The quantitative estimate of drug-likeness (QED) is 0.613. The van der Waals surface area contributed by atoms with Crippen LogP contribution in [0.25, 0.3) is 0 Å². The Balaban J connectivity index is 2.70. The van der Waals surface area contributed by atoms with Crippen molar-refractivity contribution in [1.29, 1.82) is 0 Å². The van der Waals surface area contributed by atoms with Gasteiger partial charge in [0.1, 0.15) is 19.5 Å². The van der Waals surface area contributed by atoms with E-state index in [1.54, 1.807) is 0 Å². The van der Waals surface area contributed by atoms with Crippen LogP contribution < -0.4 is 0 Å². The van der Waals surface area contributed by atoms with Gasteiger partial charge in [-0.15, -0.1) is 0 Å². The van der Waals surface area contributed by atoms with Crippen LogP contribution in [0.15, 0.2) is 11.4 Å². The lowest BCUT2D eigenvalue weighted by Gasteiger charge is -2.23. The molecule has 4 heteroatoms. The highest BCUT2D eigenvalue weighted by molar-refractivity contribution is 7.73. The first-order valence-corrected chi connectivity index (χ1v) is 10.5. The SMILES string of the molecule is C=[P+](CC)C[P+](=C)C(C)(C)O[C@H]1C[C@@H](C)C(F)=C1C. The zero-order chi connectivity index (χ0) is 14.8. The summed E-state index contributed by atoms with van der Waals surface area (Å²) in [6.45, 7) is 10.1. The number of ether oxygens (including phenoxy) is 1. The van der Waals surface area contributed by atoms with Gasteiger partial charge in [-0.3, -0.25) is 0 Å². The van der Waals surface area contributed by atoms with Crippen LogP contribution in [-0.2, 0) is 4.74 Å². The van der Waals surface area contributed by atoms with E-state index in [0.29, 0.717) is 0 Å². The van der Waals surface area contributed by atoms with Gasteiger partial charge in [0, 0.05) is 19.8 Å². The van der Waals surface area contributed by atoms with Crippen LogP contribution >= 0.6 is 15.1 Å². The Kier molecular flexibility index (Phi) is 5.93. The minimum Gasteiger partial charge on any atom is -0.328 e. The maximum atomic E-state index is 13.8. The molecule has 0 amide bonds. The van der Waals surface area contributed by atoms with Gasteiger partial charge in [-0.05, 0) is 25.8 Å². The average molecular weight is 304 g/mol. The van der Waals surface area contributed by atoms with E-state index in [9.17, 15) is 4.39 Å². The lowest BCUT2D eigenvalue weighted by atomic mass is 10.1. The van der Waals surface area contributed by atoms with Gasteiger partial charge in [-0.2, -0.15) is 0 Å². The molecule has 0 aromatic rings. The number of hydrogen-bond acceptors (Lipinski definition) is 1. The smallest absolute Gasteiger partial charge is 0.254 e. The van der Waals surface area contributed by atoms with Crippen LogP contribution in [0.1, 0.15) is 41.0 Å². The Bertz CT molecular complexity index is 412. The molecule has 0 spiro atoms. The fourth-order valence-corrected chi connectivity index (χ4v) is 6.58. The zero-order valence-corrected chi connectivity index (χ0v) is 14.7. The van der Waals surface area contributed by atoms with E-state index >= 15 is 0 Å². The second-order valence-corrected chi connectivity index (χ2v) is 11.2. The Morgan fingerprint density at radius 3 is 2.42 bits per heavy atom. The van der Waals surface area contributed by atoms with Crippen molar-refractivity contribution >= 4 is 27.7 Å². The van der Waals surface area contributed by atoms with Crippen LogP contribution in [0.4, 0.5) is 4.39 Å². The van der Waals surface area contributed by atoms with E-state index in [0.717, 1.165) is 24.1 Å². The summed E-state index contributed by atoms with van der Waals surface area (Å²) in [5.41, 5.74) is 0.774. The highest BCUT2D eigenvalue weighted by Crippen LogP contribution is 2.48. The molecule has 4 atom stereocenters. The normalized spacial score (nSPS) is 25.8. The minimum atomic E-state index is -0.484. The summed E-state index contributed by atoms with van der Waals surface area (Å²) in [6, 6.07) is 0. The van der Waals surface area contributed by atoms with Gasteiger partial charge in [-0.1, -0.05) is 6.92 Å². The predicted octanol–water partition coefficient (Wildman–Crippen LogP) is 5.20. The Morgan fingerprint density at radius 1 is 1.42 bits per heavy atom. The summed E-state index contributed by atoms with van der Waals surface area (Å²) in [5.74, 6) is 1.08. The molecule has 0 N–H and O–H groups in total. The molecule has 1 rings (SSSR count). The van der Waals surface area contributed by atoms with E-state index in [1.165, 1.54) is 0 Å². The van der Waals surface area contributed by atoms with Crippen molar-refractivity contribution in [3.05, 3.63) is 11.4 Å². The van der Waals surface area contributed by atoms with Gasteiger partial charge in [0.15, 0.2) is 7.55 Å². The molecule has 0 radical (unpaired) electrons. The van der Waals surface area contributed by atoms with E-state index < -0.39 is 7.55 Å². The molecule has 19 heavy (non-hydrogen) atoms. The van der Waals surface area contributed by atoms with E-state index in [4.69, 9.17) is 4.74 Å². The molecule has 0 saturated carbocycles. The van der Waals surface area contributed by atoms with Crippen LogP contribution in [-0.4, -0.2) is 36.1 Å². The highest BCUT2D eigenvalue weighted by atomic mass is 31.2. The molecule has 2 unspecified atom stereocenters. The van der Waals surface area contributed by atoms with Crippen molar-refractivity contribution < 1.29 is 9.13 Å². The summed E-state index contributed by atoms with van der Waals surface area (Å²) < 4.78 is 20.0. The summed E-state index contributed by atoms with van der Waals surface area (Å²) in [4.78, 5) is 0. The van der Waals surface area contributed by atoms with Crippen molar-refractivity contribution in [1.82, 2.24) is 0 Å². The molecule has 0 aliphatic heterocycles. The monoisotopic (exact) mass is 304 g/mol. The molecule has 0 saturated heterocycles. The number of allylic oxidation sites excluding steroid dienone is 1. The van der Waals surface area contributed by atoms with Crippen LogP contribution in [0.3, 0.4) is 0 Å². The van der Waals surface area contributed by atoms with Gasteiger partial charge < -0.3 is 4.74 Å². The predicted molar refractivity (Wildman–Crippen MR) is 90.0 cm³/mol. The van der Waals surface area contributed by atoms with Gasteiger partial charge in [0.2, 0.25) is 5.34 Å². The van der Waals surface area contributed by atoms with Gasteiger partial charge >= 0.3 is 0 Å². The third kappa shape index (κ3) is 4.22. The second kappa shape index (κ2) is 6.61. The number of rotatable bonds is 6. The maximum Gasteiger partial charge on any atom is 0.254 e. The fourth-order valence-electron chi connectivity index (χ4n) is 2.21. The van der Waals surface area contributed by atoms with Crippen LogP contribution in [0.2, 0.25) is 0 Å². The van der Waals surface area contributed by atoms with Gasteiger partial charge in [0.25, 0.3) is 5.90 Å². The van der Waals surface area contributed by atoms with E-state index in [2.05, 4.69) is 33.4 Å². The van der Waals surface area contributed by atoms with Crippen LogP contribution in [0, 0.1) is 5.92 Å². The third-order valence-corrected chi connectivity index (χ3v) is 9.36. The molecule has 0 bridgehead atoms. The summed E-state index contributed by atoms with van der Waals surface area (Å²) in [6.07, 6.45) is 10.3. The summed E-state index contributed by atoms with van der Waals surface area (Å²) in [5, 5.41) is -0.265. The summed E-state index contributed by atoms with van der Waals surface area (Å²) >= 11 is 0. The minimum absolute atomic E-state index is 0.00236. The average Bonchev–Trinajstić information content (AvgIpc) is 2.56. The van der Waals surface area contributed by atoms with Crippen molar-refractivity contribution in [2.75, 3.05) is 12.1 Å². The topological polar surface area (TPSA) is 9.23 Å². The Labute approximate surface area is 119 Å². The summed E-state index contributed by atoms with van der Waals surface area (Å²) in [7, 11) is -0.662. The zero-order valence-electron chi connectivity index (χ0n) is 12.9. The second-order valence-electron chi connectivity index (χ2n) is 5.89. The fraction of sp³-hybridized carbons (Fsp3) is 0.733. The standard InChI is InChI=1S/C15H27FOP2/c1-8-18(6)10-19(7)15(4,5)17-13-9-11(2)14(16)12(13)3/h11,13H,6-10H2,1-5H3/q+2/t11-,13+/m1/s1. The lowest BCUT2D eigenvalue weighted by molar-refractivity contribution is 0.000667. The lowest BCUT2D eigenvalue weighted by Crippen LogP contribution is -2.27. The molecule has 0 aromatic carbocycles. The molecule has 0 fully saturated rings. The molecule has 0 heterocycles. The molecule has 0 aromatic heterocycles. The molecular weight excluding hydrogens is 277 g/mol.